The van der Waals surface area contributed by atoms with Gasteiger partial charge in [0.25, 0.3) is 0 Å². The molecule has 0 heterocycles. The summed E-state index contributed by atoms with van der Waals surface area (Å²) in [6.45, 7) is 4.55. The molecule has 2 aromatic carbocycles. The van der Waals surface area contributed by atoms with Gasteiger partial charge in [0.1, 0.15) is 6.54 Å². The lowest BCUT2D eigenvalue weighted by atomic mass is 10.1. The van der Waals surface area contributed by atoms with Crippen LogP contribution in [-0.4, -0.2) is 24.1 Å². The summed E-state index contributed by atoms with van der Waals surface area (Å²) >= 11 is 5.94. The molecule has 0 aliphatic heterocycles. The van der Waals surface area contributed by atoms with E-state index >= 15 is 0 Å². The van der Waals surface area contributed by atoms with E-state index in [4.69, 9.17) is 11.6 Å². The minimum atomic E-state index is -0.356. The zero-order chi connectivity index (χ0) is 18.6. The van der Waals surface area contributed by atoms with E-state index in [0.717, 1.165) is 5.56 Å². The van der Waals surface area contributed by atoms with Gasteiger partial charge in [-0.1, -0.05) is 23.7 Å². The molecule has 0 atom stereocenters. The van der Waals surface area contributed by atoms with E-state index in [1.54, 1.807) is 42.5 Å². The molecule has 0 aliphatic rings. The molecule has 0 aliphatic carbocycles. The van der Waals surface area contributed by atoms with Gasteiger partial charge in [-0.25, -0.2) is 0 Å². The normalized spacial score (nSPS) is 10.2. The average molecular weight is 359 g/mol. The Bertz CT molecular complexity index is 833. The first-order chi connectivity index (χ1) is 11.8. The molecule has 0 fully saturated rings. The number of carbonyl (C=O) groups excluding carboxylic acids is 3. The van der Waals surface area contributed by atoms with Crippen LogP contribution in [0.4, 0.5) is 11.4 Å². The van der Waals surface area contributed by atoms with Gasteiger partial charge in [-0.2, -0.15) is 0 Å². The van der Waals surface area contributed by atoms with Gasteiger partial charge in [-0.05, 0) is 49.7 Å². The first kappa shape index (κ1) is 18.7. The smallest absolute Gasteiger partial charge is 0.244 e. The Labute approximate surface area is 151 Å². The summed E-state index contributed by atoms with van der Waals surface area (Å²) in [6, 6.07) is 11.8. The molecule has 0 bridgehead atoms. The van der Waals surface area contributed by atoms with E-state index in [2.05, 4.69) is 5.32 Å². The van der Waals surface area contributed by atoms with E-state index in [9.17, 15) is 14.4 Å². The Morgan fingerprint density at radius 3 is 2.40 bits per heavy atom. The number of anilines is 2. The summed E-state index contributed by atoms with van der Waals surface area (Å²) in [5, 5.41) is 3.28. The van der Waals surface area contributed by atoms with Crippen LogP contribution >= 0.6 is 11.6 Å². The molecule has 1 N–H and O–H groups in total. The maximum absolute atomic E-state index is 12.3. The van der Waals surface area contributed by atoms with Gasteiger partial charge in [0.2, 0.25) is 11.8 Å². The third-order valence-corrected chi connectivity index (χ3v) is 3.92. The number of hydrogen-bond acceptors (Lipinski definition) is 3. The molecule has 5 nitrogen and oxygen atoms in total. The van der Waals surface area contributed by atoms with E-state index < -0.39 is 0 Å². The van der Waals surface area contributed by atoms with Crippen LogP contribution in [0, 0.1) is 6.92 Å². The van der Waals surface area contributed by atoms with Gasteiger partial charge in [0, 0.05) is 28.9 Å². The van der Waals surface area contributed by atoms with Crippen LogP contribution in [0.5, 0.6) is 0 Å². The third kappa shape index (κ3) is 4.90. The maximum Gasteiger partial charge on any atom is 0.244 e. The molecular weight excluding hydrogens is 340 g/mol. The molecule has 0 aromatic heterocycles. The van der Waals surface area contributed by atoms with E-state index in [0.29, 0.717) is 22.0 Å². The second-order valence-electron chi connectivity index (χ2n) is 5.72. The SMILES string of the molecule is CC(=O)c1cccc(NC(=O)CN(C(C)=O)c2ccc(Cl)cc2C)c1. The highest BCUT2D eigenvalue weighted by Crippen LogP contribution is 2.24. The molecule has 2 rings (SSSR count). The predicted octanol–water partition coefficient (Wildman–Crippen LogP) is 3.84. The Kier molecular flexibility index (Phi) is 5.93. The molecule has 2 amide bonds. The molecule has 0 spiro atoms. The number of hydrogen-bond donors (Lipinski definition) is 1. The zero-order valence-corrected chi connectivity index (χ0v) is 15.1. The number of Topliss-reactive ketones (excluding diaryl/α,β-unsaturated/α-hetero) is 1. The standard InChI is InChI=1S/C19H19ClN2O3/c1-12-9-16(20)7-8-18(12)22(14(3)24)11-19(25)21-17-6-4-5-15(10-17)13(2)23/h4-10H,11H2,1-3H3,(H,21,25). The summed E-state index contributed by atoms with van der Waals surface area (Å²) in [6.07, 6.45) is 0. The van der Waals surface area contributed by atoms with Gasteiger partial charge in [-0.3, -0.25) is 14.4 Å². The van der Waals surface area contributed by atoms with Crippen molar-refractivity contribution < 1.29 is 14.4 Å². The summed E-state index contributed by atoms with van der Waals surface area (Å²) in [5.74, 6) is -0.693. The quantitative estimate of drug-likeness (QED) is 0.826. The molecule has 0 radical (unpaired) electrons. The van der Waals surface area contributed by atoms with Crippen molar-refractivity contribution >= 4 is 40.6 Å². The zero-order valence-electron chi connectivity index (χ0n) is 14.3. The van der Waals surface area contributed by atoms with Gasteiger partial charge in [-0.15, -0.1) is 0 Å². The lowest BCUT2D eigenvalue weighted by Crippen LogP contribution is -2.37. The number of aryl methyl sites for hydroxylation is 1. The number of benzene rings is 2. The fourth-order valence-corrected chi connectivity index (χ4v) is 2.67. The highest BCUT2D eigenvalue weighted by Gasteiger charge is 2.18. The third-order valence-electron chi connectivity index (χ3n) is 3.68. The van der Waals surface area contributed by atoms with Crippen LogP contribution in [0.25, 0.3) is 0 Å². The second kappa shape index (κ2) is 7.94. The highest BCUT2D eigenvalue weighted by atomic mass is 35.5. The van der Waals surface area contributed by atoms with Crippen LogP contribution in [-0.2, 0) is 9.59 Å². The minimum absolute atomic E-state index is 0.0850. The Hall–Kier alpha value is -2.66. The number of ketones is 1. The monoisotopic (exact) mass is 358 g/mol. The Morgan fingerprint density at radius 1 is 1.08 bits per heavy atom. The summed E-state index contributed by atoms with van der Waals surface area (Å²) in [4.78, 5) is 37.1. The molecule has 0 unspecified atom stereocenters. The van der Waals surface area contributed by atoms with E-state index in [-0.39, 0.29) is 24.1 Å². The minimum Gasteiger partial charge on any atom is -0.325 e. The van der Waals surface area contributed by atoms with Crippen molar-refractivity contribution in [2.45, 2.75) is 20.8 Å². The number of halogens is 1. The van der Waals surface area contributed by atoms with Crippen LogP contribution in [0.1, 0.15) is 29.8 Å². The largest absolute Gasteiger partial charge is 0.325 e. The molecule has 6 heteroatoms. The maximum atomic E-state index is 12.3. The Balaban J connectivity index is 2.17. The predicted molar refractivity (Wildman–Crippen MR) is 99.3 cm³/mol. The molecule has 130 valence electrons. The second-order valence-corrected chi connectivity index (χ2v) is 6.16. The van der Waals surface area contributed by atoms with Crippen molar-refractivity contribution in [3.05, 3.63) is 58.6 Å². The van der Waals surface area contributed by atoms with E-state index in [1.807, 2.05) is 6.92 Å². The first-order valence-corrected chi connectivity index (χ1v) is 8.11. The van der Waals surface area contributed by atoms with Gasteiger partial charge in [0.15, 0.2) is 5.78 Å². The topological polar surface area (TPSA) is 66.5 Å². The van der Waals surface area contributed by atoms with Crippen LogP contribution in [0.15, 0.2) is 42.5 Å². The van der Waals surface area contributed by atoms with Crippen molar-refractivity contribution in [3.63, 3.8) is 0 Å². The van der Waals surface area contributed by atoms with Crippen molar-refractivity contribution in [1.82, 2.24) is 0 Å². The average Bonchev–Trinajstić information content (AvgIpc) is 2.53. The number of nitrogens with one attached hydrogen (secondary N) is 1. The molecular formula is C19H19ClN2O3. The van der Waals surface area contributed by atoms with Crippen molar-refractivity contribution in [1.29, 1.82) is 0 Å². The van der Waals surface area contributed by atoms with Crippen LogP contribution in [0.2, 0.25) is 5.02 Å². The molecule has 0 saturated heterocycles. The molecule has 25 heavy (non-hydrogen) atoms. The molecule has 0 saturated carbocycles. The summed E-state index contributed by atoms with van der Waals surface area (Å²) < 4.78 is 0. The van der Waals surface area contributed by atoms with Gasteiger partial charge >= 0.3 is 0 Å². The fourth-order valence-electron chi connectivity index (χ4n) is 2.45. The lowest BCUT2D eigenvalue weighted by molar-refractivity contribution is -0.120. The van der Waals surface area contributed by atoms with Crippen molar-refractivity contribution in [2.24, 2.45) is 0 Å². The summed E-state index contributed by atoms with van der Waals surface area (Å²) in [7, 11) is 0. The fraction of sp³-hybridized carbons (Fsp3) is 0.211. The van der Waals surface area contributed by atoms with Crippen LogP contribution in [0.3, 0.4) is 0 Å². The number of carbonyl (C=O) groups is 3. The van der Waals surface area contributed by atoms with Crippen molar-refractivity contribution in [3.8, 4) is 0 Å². The van der Waals surface area contributed by atoms with Gasteiger partial charge in [0.05, 0.1) is 0 Å². The lowest BCUT2D eigenvalue weighted by Gasteiger charge is -2.22. The first-order valence-electron chi connectivity index (χ1n) is 7.73. The van der Waals surface area contributed by atoms with Gasteiger partial charge < -0.3 is 10.2 Å². The Morgan fingerprint density at radius 2 is 1.80 bits per heavy atom. The summed E-state index contributed by atoms with van der Waals surface area (Å²) in [5.41, 5.74) is 2.45. The highest BCUT2D eigenvalue weighted by molar-refractivity contribution is 6.30. The number of rotatable bonds is 5. The van der Waals surface area contributed by atoms with Crippen molar-refractivity contribution in [2.75, 3.05) is 16.8 Å². The molecule has 2 aromatic rings. The number of amides is 2. The number of nitrogens with zero attached hydrogens (tertiary/aromatic N) is 1. The van der Waals surface area contributed by atoms with E-state index in [1.165, 1.54) is 18.7 Å². The van der Waals surface area contributed by atoms with Crippen LogP contribution < -0.4 is 10.2 Å².